The van der Waals surface area contributed by atoms with E-state index in [1.807, 2.05) is 16.9 Å². The number of carbonyl (C=O) groups excluding carboxylic acids is 2. The number of aryl methyl sites for hydroxylation is 3. The van der Waals surface area contributed by atoms with E-state index in [2.05, 4.69) is 99.9 Å². The molecule has 3 N–H and O–H groups in total. The second-order valence-corrected chi connectivity index (χ2v) is 14.8. The van der Waals surface area contributed by atoms with E-state index >= 15 is 0 Å². The molecular weight excluding hydrogens is 703 g/mol. The fourth-order valence-corrected chi connectivity index (χ4v) is 7.77. The Morgan fingerprint density at radius 2 is 1.52 bits per heavy atom. The molecule has 2 fully saturated rings. The summed E-state index contributed by atoms with van der Waals surface area (Å²) in [6, 6.07) is 20.3. The van der Waals surface area contributed by atoms with Crippen LogP contribution in [0.25, 0.3) is 22.2 Å². The van der Waals surface area contributed by atoms with Gasteiger partial charge in [0.25, 0.3) is 11.8 Å². The van der Waals surface area contributed by atoms with E-state index in [9.17, 15) is 9.59 Å². The molecule has 0 spiro atoms. The smallest absolute Gasteiger partial charge is 0.270 e. The van der Waals surface area contributed by atoms with Gasteiger partial charge >= 0.3 is 0 Å². The Kier molecular flexibility index (Phi) is 12.7. The summed E-state index contributed by atoms with van der Waals surface area (Å²) in [5.74, 6) is -0.706. The van der Waals surface area contributed by atoms with E-state index < -0.39 is 0 Å². The molecule has 5 heterocycles. The molecule has 2 saturated heterocycles. The summed E-state index contributed by atoms with van der Waals surface area (Å²) in [7, 11) is 0. The highest BCUT2D eigenvalue weighted by molar-refractivity contribution is 5.97. The van der Waals surface area contributed by atoms with Gasteiger partial charge in [-0.3, -0.25) is 14.5 Å². The van der Waals surface area contributed by atoms with Gasteiger partial charge in [-0.1, -0.05) is 50.2 Å². The number of aromatic nitrogens is 4. The van der Waals surface area contributed by atoms with Crippen LogP contribution in [0.5, 0.6) is 0 Å². The third-order valence-electron chi connectivity index (χ3n) is 11.1. The lowest BCUT2D eigenvalue weighted by Crippen LogP contribution is -2.45. The molecule has 5 aromatic rings. The van der Waals surface area contributed by atoms with Gasteiger partial charge in [0.2, 0.25) is 0 Å². The van der Waals surface area contributed by atoms with Crippen molar-refractivity contribution in [2.75, 3.05) is 51.3 Å². The lowest BCUT2D eigenvalue weighted by atomic mass is 9.96. The van der Waals surface area contributed by atoms with Crippen molar-refractivity contribution in [3.63, 3.8) is 0 Å². The average Bonchev–Trinajstić information content (AvgIpc) is 3.66. The maximum atomic E-state index is 13.6. The number of piperazine rings is 1. The Bertz CT molecular complexity index is 2150. The first-order valence-corrected chi connectivity index (χ1v) is 20.2. The molecule has 2 amide bonds. The summed E-state index contributed by atoms with van der Waals surface area (Å²) in [5, 5.41) is 15.4. The first kappa shape index (κ1) is 39.1. The second kappa shape index (κ2) is 18.2. The van der Waals surface area contributed by atoms with Crippen molar-refractivity contribution in [1.29, 1.82) is 0 Å². The van der Waals surface area contributed by atoms with Crippen LogP contribution in [0.15, 0.2) is 66.9 Å². The molecule has 294 valence electrons. The first-order chi connectivity index (χ1) is 27.3. The third-order valence-corrected chi connectivity index (χ3v) is 11.1. The van der Waals surface area contributed by atoms with E-state index in [1.165, 1.54) is 16.7 Å². The van der Waals surface area contributed by atoms with Gasteiger partial charge in [-0.05, 0) is 91.7 Å². The molecule has 0 unspecified atom stereocenters. The minimum absolute atomic E-state index is 0.173. The van der Waals surface area contributed by atoms with E-state index in [-0.39, 0.29) is 35.8 Å². The molecule has 2 aliphatic rings. The summed E-state index contributed by atoms with van der Waals surface area (Å²) in [5.41, 5.74) is 9.76. The van der Waals surface area contributed by atoms with Gasteiger partial charge in [-0.15, -0.1) is 0 Å². The molecule has 0 aliphatic carbocycles. The predicted molar refractivity (Wildman–Crippen MR) is 221 cm³/mol. The lowest BCUT2D eigenvalue weighted by molar-refractivity contribution is 0.0904. The van der Waals surface area contributed by atoms with Crippen molar-refractivity contribution in [2.45, 2.75) is 79.2 Å². The summed E-state index contributed by atoms with van der Waals surface area (Å²) < 4.78 is 7.51. The van der Waals surface area contributed by atoms with Gasteiger partial charge in [0.1, 0.15) is 11.4 Å². The van der Waals surface area contributed by atoms with Gasteiger partial charge in [-0.25, -0.2) is 14.6 Å². The topological polar surface area (TPSA) is 130 Å². The van der Waals surface area contributed by atoms with E-state index in [4.69, 9.17) is 9.72 Å². The van der Waals surface area contributed by atoms with Crippen LogP contribution in [0.1, 0.15) is 82.5 Å². The SMILES string of the molecule is CCc1nc2c(cnn2CC)c(NC2CCOCC2)c1CNC(=O)c1cccc(C(=O)NCc2ccc(C)c(-c3cccc(CN4CCN(CC)CC4)c3)c2)n1. The van der Waals surface area contributed by atoms with E-state index in [0.29, 0.717) is 32.7 Å². The number of nitrogens with one attached hydrogen (secondary N) is 3. The minimum atomic E-state index is -0.364. The number of amides is 2. The summed E-state index contributed by atoms with van der Waals surface area (Å²) in [6.07, 6.45) is 4.34. The molecule has 3 aromatic heterocycles. The molecule has 0 radical (unpaired) electrons. The van der Waals surface area contributed by atoms with Crippen LogP contribution >= 0.6 is 0 Å². The number of benzene rings is 2. The number of hydrogen-bond acceptors (Lipinski definition) is 9. The maximum Gasteiger partial charge on any atom is 0.270 e. The van der Waals surface area contributed by atoms with Crippen molar-refractivity contribution in [2.24, 2.45) is 0 Å². The van der Waals surface area contributed by atoms with Crippen LogP contribution in [0.3, 0.4) is 0 Å². The van der Waals surface area contributed by atoms with Crippen molar-refractivity contribution in [1.82, 2.24) is 40.2 Å². The number of nitrogens with zero attached hydrogens (tertiary/aromatic N) is 6. The fraction of sp³-hybridized carbons (Fsp3) is 0.432. The van der Waals surface area contributed by atoms with Gasteiger partial charge < -0.3 is 25.6 Å². The molecule has 2 aliphatic heterocycles. The van der Waals surface area contributed by atoms with Gasteiger partial charge in [0.05, 0.1) is 17.3 Å². The lowest BCUT2D eigenvalue weighted by Gasteiger charge is -2.34. The van der Waals surface area contributed by atoms with E-state index in [1.54, 1.807) is 18.2 Å². The van der Waals surface area contributed by atoms with Crippen molar-refractivity contribution >= 4 is 28.5 Å². The van der Waals surface area contributed by atoms with Crippen LogP contribution in [-0.2, 0) is 37.3 Å². The Balaban J connectivity index is 1.01. The zero-order valence-electron chi connectivity index (χ0n) is 33.2. The molecule has 2 aromatic carbocycles. The summed E-state index contributed by atoms with van der Waals surface area (Å²) >= 11 is 0. The van der Waals surface area contributed by atoms with Crippen LogP contribution in [0, 0.1) is 6.92 Å². The standard InChI is InChI=1S/C44H55N9O3/c1-5-38-36(41(48-34-16-22-56-23-17-34)37-28-47-53(7-3)42(37)50-38)27-46-44(55)40-13-9-12-39(49-40)43(54)45-26-31-15-14-30(4)35(25-31)33-11-8-10-32(24-33)29-52-20-18-51(6-2)19-21-52/h8-15,24-25,28,34H,5-7,16-23,26-27,29H2,1-4H3,(H,45,54)(H,46,55)(H,48,50). The number of fused-ring (bicyclic) bond motifs is 1. The zero-order chi connectivity index (χ0) is 39.0. The first-order valence-electron chi connectivity index (χ1n) is 20.2. The molecule has 0 saturated carbocycles. The second-order valence-electron chi connectivity index (χ2n) is 14.8. The highest BCUT2D eigenvalue weighted by Crippen LogP contribution is 2.31. The molecule has 0 bridgehead atoms. The minimum Gasteiger partial charge on any atom is -0.381 e. The third kappa shape index (κ3) is 9.09. The van der Waals surface area contributed by atoms with E-state index in [0.717, 1.165) is 91.2 Å². The predicted octanol–water partition coefficient (Wildman–Crippen LogP) is 5.97. The van der Waals surface area contributed by atoms with Crippen LogP contribution < -0.4 is 16.0 Å². The number of hydrogen-bond donors (Lipinski definition) is 3. The Morgan fingerprint density at radius 1 is 0.804 bits per heavy atom. The highest BCUT2D eigenvalue weighted by atomic mass is 16.5. The quantitative estimate of drug-likeness (QED) is 0.126. The van der Waals surface area contributed by atoms with Crippen LogP contribution in [0.2, 0.25) is 0 Å². The fourth-order valence-electron chi connectivity index (χ4n) is 7.77. The van der Waals surface area contributed by atoms with Gasteiger partial charge in [0, 0.05) is 82.9 Å². The molecule has 12 heteroatoms. The molecule has 56 heavy (non-hydrogen) atoms. The van der Waals surface area contributed by atoms with Gasteiger partial charge in [0.15, 0.2) is 5.65 Å². The number of anilines is 1. The molecule has 7 rings (SSSR count). The highest BCUT2D eigenvalue weighted by Gasteiger charge is 2.23. The van der Waals surface area contributed by atoms with Crippen molar-refractivity contribution < 1.29 is 14.3 Å². The average molecular weight is 758 g/mol. The van der Waals surface area contributed by atoms with Crippen molar-refractivity contribution in [3.8, 4) is 11.1 Å². The van der Waals surface area contributed by atoms with Crippen LogP contribution in [-0.4, -0.2) is 93.3 Å². The molecular formula is C44H55N9O3. The molecule has 12 nitrogen and oxygen atoms in total. The van der Waals surface area contributed by atoms with Gasteiger partial charge in [-0.2, -0.15) is 5.10 Å². The normalized spacial score (nSPS) is 15.6. The number of carbonyl (C=O) groups is 2. The Morgan fingerprint density at radius 3 is 2.23 bits per heavy atom. The maximum absolute atomic E-state index is 13.6. The Hall–Kier alpha value is -5.17. The van der Waals surface area contributed by atoms with Crippen molar-refractivity contribution in [3.05, 3.63) is 106 Å². The zero-order valence-corrected chi connectivity index (χ0v) is 33.2. The number of ether oxygens (including phenoxy) is 1. The largest absolute Gasteiger partial charge is 0.381 e. The number of pyridine rings is 2. The number of rotatable bonds is 14. The monoisotopic (exact) mass is 757 g/mol. The molecule has 0 atom stereocenters. The number of likely N-dealkylation sites (N-methyl/N-ethyl adjacent to an activating group) is 1. The summed E-state index contributed by atoms with van der Waals surface area (Å²) in [4.78, 5) is 41.4. The van der Waals surface area contributed by atoms with Crippen LogP contribution in [0.4, 0.5) is 5.69 Å². The Labute approximate surface area is 330 Å². The summed E-state index contributed by atoms with van der Waals surface area (Å²) in [6.45, 7) is 17.6.